The smallest absolute Gasteiger partial charge is 0.168 e. The zero-order chi connectivity index (χ0) is 14.4. The molecule has 0 aromatic heterocycles. The van der Waals surface area contributed by atoms with Crippen LogP contribution in [0.2, 0.25) is 0 Å². The summed E-state index contributed by atoms with van der Waals surface area (Å²) in [5, 5.41) is 3.59. The Morgan fingerprint density at radius 1 is 1.35 bits per heavy atom. The Balaban J connectivity index is 1.98. The number of hydrogen-bond acceptors (Lipinski definition) is 2. The quantitative estimate of drug-likeness (QED) is 0.816. The SMILES string of the molecule is CCNC(CCc1cccc(OC)c1F)C1CCCC1. The van der Waals surface area contributed by atoms with Crippen LogP contribution < -0.4 is 10.1 Å². The van der Waals surface area contributed by atoms with Gasteiger partial charge in [-0.3, -0.25) is 0 Å². The van der Waals surface area contributed by atoms with Crippen molar-refractivity contribution in [2.24, 2.45) is 5.92 Å². The van der Waals surface area contributed by atoms with Crippen LogP contribution in [0, 0.1) is 11.7 Å². The zero-order valence-corrected chi connectivity index (χ0v) is 12.6. The van der Waals surface area contributed by atoms with E-state index in [1.807, 2.05) is 12.1 Å². The Labute approximate surface area is 121 Å². The summed E-state index contributed by atoms with van der Waals surface area (Å²) in [4.78, 5) is 0. The van der Waals surface area contributed by atoms with Crippen LogP contribution in [0.4, 0.5) is 4.39 Å². The molecule has 0 spiro atoms. The number of aryl methyl sites for hydroxylation is 1. The predicted molar refractivity (Wildman–Crippen MR) is 80.7 cm³/mol. The molecule has 1 atom stereocenters. The molecule has 0 heterocycles. The first-order chi connectivity index (χ1) is 9.76. The minimum Gasteiger partial charge on any atom is -0.494 e. The first kappa shape index (κ1) is 15.3. The Morgan fingerprint density at radius 2 is 2.10 bits per heavy atom. The van der Waals surface area contributed by atoms with E-state index in [0.29, 0.717) is 11.8 Å². The van der Waals surface area contributed by atoms with E-state index in [4.69, 9.17) is 4.74 Å². The van der Waals surface area contributed by atoms with E-state index in [1.54, 1.807) is 6.07 Å². The fraction of sp³-hybridized carbons (Fsp3) is 0.647. The molecule has 2 rings (SSSR count). The van der Waals surface area contributed by atoms with Crippen molar-refractivity contribution in [1.82, 2.24) is 5.32 Å². The highest BCUT2D eigenvalue weighted by Crippen LogP contribution is 2.30. The molecule has 1 aromatic rings. The molecule has 112 valence electrons. The van der Waals surface area contributed by atoms with E-state index in [2.05, 4.69) is 12.2 Å². The lowest BCUT2D eigenvalue weighted by molar-refractivity contribution is 0.343. The molecule has 20 heavy (non-hydrogen) atoms. The van der Waals surface area contributed by atoms with E-state index in [0.717, 1.165) is 30.9 Å². The number of methoxy groups -OCH3 is 1. The first-order valence-electron chi connectivity index (χ1n) is 7.81. The number of rotatable bonds is 7. The van der Waals surface area contributed by atoms with Gasteiger partial charge in [-0.25, -0.2) is 4.39 Å². The Morgan fingerprint density at radius 3 is 2.75 bits per heavy atom. The molecule has 1 fully saturated rings. The molecule has 1 aliphatic carbocycles. The second-order valence-corrected chi connectivity index (χ2v) is 5.68. The number of benzene rings is 1. The maximum absolute atomic E-state index is 14.1. The number of hydrogen-bond donors (Lipinski definition) is 1. The average molecular weight is 279 g/mol. The zero-order valence-electron chi connectivity index (χ0n) is 12.6. The minimum absolute atomic E-state index is 0.198. The van der Waals surface area contributed by atoms with Crippen LogP contribution >= 0.6 is 0 Å². The van der Waals surface area contributed by atoms with Gasteiger partial charge in [-0.1, -0.05) is 31.9 Å². The highest BCUT2D eigenvalue weighted by molar-refractivity contribution is 5.31. The van der Waals surface area contributed by atoms with Crippen LogP contribution in [0.25, 0.3) is 0 Å². The van der Waals surface area contributed by atoms with Gasteiger partial charge in [0.05, 0.1) is 7.11 Å². The van der Waals surface area contributed by atoms with Gasteiger partial charge in [-0.05, 0) is 49.8 Å². The topological polar surface area (TPSA) is 21.3 Å². The van der Waals surface area contributed by atoms with Crippen LogP contribution in [0.15, 0.2) is 18.2 Å². The second kappa shape index (κ2) is 7.63. The van der Waals surface area contributed by atoms with E-state index in [1.165, 1.54) is 32.8 Å². The van der Waals surface area contributed by atoms with Gasteiger partial charge in [0, 0.05) is 6.04 Å². The molecule has 0 aliphatic heterocycles. The van der Waals surface area contributed by atoms with Crippen molar-refractivity contribution in [3.05, 3.63) is 29.6 Å². The summed E-state index contributed by atoms with van der Waals surface area (Å²) in [6.07, 6.45) is 7.11. The van der Waals surface area contributed by atoms with E-state index < -0.39 is 0 Å². The second-order valence-electron chi connectivity index (χ2n) is 5.68. The van der Waals surface area contributed by atoms with Gasteiger partial charge in [0.25, 0.3) is 0 Å². The van der Waals surface area contributed by atoms with Crippen molar-refractivity contribution in [1.29, 1.82) is 0 Å². The van der Waals surface area contributed by atoms with Crippen LogP contribution in [-0.2, 0) is 6.42 Å². The summed E-state index contributed by atoms with van der Waals surface area (Å²) >= 11 is 0. The van der Waals surface area contributed by atoms with Crippen molar-refractivity contribution in [3.8, 4) is 5.75 Å². The maximum Gasteiger partial charge on any atom is 0.168 e. The standard InChI is InChI=1S/C17H26FNO/c1-3-19-15(13-7-4-5-8-13)12-11-14-9-6-10-16(20-2)17(14)18/h6,9-10,13,15,19H,3-5,7-8,11-12H2,1-2H3. The highest BCUT2D eigenvalue weighted by Gasteiger charge is 2.24. The lowest BCUT2D eigenvalue weighted by atomic mass is 9.92. The molecule has 1 aromatic carbocycles. The number of halogens is 1. The average Bonchev–Trinajstić information content (AvgIpc) is 2.99. The summed E-state index contributed by atoms with van der Waals surface area (Å²) in [7, 11) is 1.52. The molecular weight excluding hydrogens is 253 g/mol. The summed E-state index contributed by atoms with van der Waals surface area (Å²) in [6.45, 7) is 3.13. The molecular formula is C17H26FNO. The van der Waals surface area contributed by atoms with Crippen LogP contribution in [-0.4, -0.2) is 19.7 Å². The lowest BCUT2D eigenvalue weighted by Gasteiger charge is -2.24. The van der Waals surface area contributed by atoms with Crippen LogP contribution in [0.5, 0.6) is 5.75 Å². The number of nitrogens with one attached hydrogen (secondary N) is 1. The monoisotopic (exact) mass is 279 g/mol. The van der Waals surface area contributed by atoms with Gasteiger partial charge in [-0.2, -0.15) is 0 Å². The van der Waals surface area contributed by atoms with Crippen LogP contribution in [0.1, 0.15) is 44.6 Å². The molecule has 0 bridgehead atoms. The van der Waals surface area contributed by atoms with Crippen molar-refractivity contribution in [2.75, 3.05) is 13.7 Å². The van der Waals surface area contributed by atoms with Crippen molar-refractivity contribution in [3.63, 3.8) is 0 Å². The fourth-order valence-corrected chi connectivity index (χ4v) is 3.34. The summed E-state index contributed by atoms with van der Waals surface area (Å²) in [5.41, 5.74) is 0.769. The summed E-state index contributed by atoms with van der Waals surface area (Å²) < 4.78 is 19.2. The highest BCUT2D eigenvalue weighted by atomic mass is 19.1. The first-order valence-corrected chi connectivity index (χ1v) is 7.81. The molecule has 0 amide bonds. The van der Waals surface area contributed by atoms with E-state index >= 15 is 0 Å². The van der Waals surface area contributed by atoms with Gasteiger partial charge in [0.2, 0.25) is 0 Å². The Bertz CT molecular complexity index is 415. The van der Waals surface area contributed by atoms with Crippen molar-refractivity contribution < 1.29 is 9.13 Å². The number of ether oxygens (including phenoxy) is 1. The van der Waals surface area contributed by atoms with Gasteiger partial charge >= 0.3 is 0 Å². The van der Waals surface area contributed by atoms with Crippen LogP contribution in [0.3, 0.4) is 0 Å². The molecule has 3 heteroatoms. The predicted octanol–water partition coefficient (Wildman–Crippen LogP) is 3.94. The maximum atomic E-state index is 14.1. The third-order valence-corrected chi connectivity index (χ3v) is 4.42. The molecule has 1 aliphatic rings. The van der Waals surface area contributed by atoms with Crippen molar-refractivity contribution >= 4 is 0 Å². The van der Waals surface area contributed by atoms with Gasteiger partial charge in [0.1, 0.15) is 0 Å². The minimum atomic E-state index is -0.198. The third-order valence-electron chi connectivity index (χ3n) is 4.42. The third kappa shape index (κ3) is 3.72. The molecule has 0 radical (unpaired) electrons. The van der Waals surface area contributed by atoms with Gasteiger partial charge in [0.15, 0.2) is 11.6 Å². The fourth-order valence-electron chi connectivity index (χ4n) is 3.34. The molecule has 1 N–H and O–H groups in total. The molecule has 1 unspecified atom stereocenters. The summed E-state index contributed by atoms with van der Waals surface area (Å²) in [6, 6.07) is 5.94. The largest absolute Gasteiger partial charge is 0.494 e. The van der Waals surface area contributed by atoms with Gasteiger partial charge in [-0.15, -0.1) is 0 Å². The Hall–Kier alpha value is -1.09. The Kier molecular flexibility index (Phi) is 5.84. The normalized spacial score (nSPS) is 17.4. The van der Waals surface area contributed by atoms with Gasteiger partial charge < -0.3 is 10.1 Å². The van der Waals surface area contributed by atoms with Crippen molar-refractivity contribution in [2.45, 2.75) is 51.5 Å². The molecule has 0 saturated heterocycles. The molecule has 1 saturated carbocycles. The lowest BCUT2D eigenvalue weighted by Crippen LogP contribution is -2.35. The van der Waals surface area contributed by atoms with E-state index in [9.17, 15) is 4.39 Å². The van der Waals surface area contributed by atoms with E-state index in [-0.39, 0.29) is 5.82 Å². The molecule has 2 nitrogen and oxygen atoms in total. The summed E-state index contributed by atoms with van der Waals surface area (Å²) in [5.74, 6) is 0.920.